The maximum absolute atomic E-state index is 12.6. The van der Waals surface area contributed by atoms with Crippen LogP contribution in [0.3, 0.4) is 0 Å². The Morgan fingerprint density at radius 1 is 1.07 bits per heavy atom. The van der Waals surface area contributed by atoms with Gasteiger partial charge >= 0.3 is 5.97 Å². The molecule has 2 aliphatic carbocycles. The minimum absolute atomic E-state index is 0.0495. The van der Waals surface area contributed by atoms with Crippen molar-refractivity contribution in [3.05, 3.63) is 18.0 Å². The van der Waals surface area contributed by atoms with E-state index in [1.165, 1.54) is 23.5 Å². The van der Waals surface area contributed by atoms with E-state index in [0.717, 1.165) is 51.4 Å². The van der Waals surface area contributed by atoms with Gasteiger partial charge in [-0.3, -0.25) is 14.3 Å². The van der Waals surface area contributed by atoms with E-state index in [2.05, 4.69) is 15.7 Å². The van der Waals surface area contributed by atoms with Crippen molar-refractivity contribution in [3.8, 4) is 0 Å². The third kappa shape index (κ3) is 5.11. The van der Waals surface area contributed by atoms with Crippen molar-refractivity contribution in [1.82, 2.24) is 20.4 Å². The largest absolute Gasteiger partial charge is 0.480 e. The molecule has 1 aromatic rings. The fraction of sp³-hybridized carbons (Fsp3) is 0.700. The summed E-state index contributed by atoms with van der Waals surface area (Å²) in [6, 6.07) is 0.227. The molecule has 3 N–H and O–H groups in total. The molecule has 0 aliphatic heterocycles. The molecule has 28 heavy (non-hydrogen) atoms. The Labute approximate surface area is 165 Å². The molecule has 8 nitrogen and oxygen atoms in total. The number of rotatable bonds is 6. The van der Waals surface area contributed by atoms with Gasteiger partial charge in [-0.1, -0.05) is 44.9 Å². The SMILES string of the molecule is O=C(Cn1cc(C(=O)NC2(C(=O)O)CCCCCC2)cn1)NC1CCCCC1. The van der Waals surface area contributed by atoms with E-state index in [1.54, 1.807) is 0 Å². The molecule has 2 aliphatic rings. The predicted molar refractivity (Wildman–Crippen MR) is 103 cm³/mol. The van der Waals surface area contributed by atoms with Crippen molar-refractivity contribution in [3.63, 3.8) is 0 Å². The molecule has 0 radical (unpaired) electrons. The molecule has 0 spiro atoms. The van der Waals surface area contributed by atoms with Gasteiger partial charge in [0.25, 0.3) is 5.91 Å². The van der Waals surface area contributed by atoms with E-state index in [1.807, 2.05) is 0 Å². The van der Waals surface area contributed by atoms with Gasteiger partial charge in [0.1, 0.15) is 12.1 Å². The fourth-order valence-corrected chi connectivity index (χ4v) is 4.25. The van der Waals surface area contributed by atoms with Crippen LogP contribution >= 0.6 is 0 Å². The average molecular weight is 390 g/mol. The maximum Gasteiger partial charge on any atom is 0.329 e. The number of aromatic nitrogens is 2. The van der Waals surface area contributed by atoms with Crippen LogP contribution in [0.2, 0.25) is 0 Å². The third-order valence-corrected chi connectivity index (χ3v) is 5.89. The lowest BCUT2D eigenvalue weighted by atomic mass is 9.90. The lowest BCUT2D eigenvalue weighted by molar-refractivity contribution is -0.145. The number of nitrogens with zero attached hydrogens (tertiary/aromatic N) is 2. The lowest BCUT2D eigenvalue weighted by Crippen LogP contribution is -2.54. The summed E-state index contributed by atoms with van der Waals surface area (Å²) in [5.74, 6) is -1.56. The lowest BCUT2D eigenvalue weighted by Gasteiger charge is -2.29. The highest BCUT2D eigenvalue weighted by Crippen LogP contribution is 2.28. The van der Waals surface area contributed by atoms with Crippen LogP contribution in [0, 0.1) is 0 Å². The zero-order chi connectivity index (χ0) is 20.0. The predicted octanol–water partition coefficient (Wildman–Crippen LogP) is 2.24. The van der Waals surface area contributed by atoms with E-state index in [-0.39, 0.29) is 24.1 Å². The maximum atomic E-state index is 12.6. The van der Waals surface area contributed by atoms with Crippen molar-refractivity contribution >= 4 is 17.8 Å². The number of amides is 2. The molecule has 2 saturated carbocycles. The molecule has 1 aromatic heterocycles. The number of carbonyl (C=O) groups is 3. The van der Waals surface area contributed by atoms with Crippen molar-refractivity contribution < 1.29 is 19.5 Å². The second-order valence-electron chi connectivity index (χ2n) is 8.08. The standard InChI is InChI=1S/C20H30N4O4/c25-17(22-16-8-4-3-5-9-16)14-24-13-15(12-21-24)18(26)23-20(19(27)28)10-6-1-2-7-11-20/h12-13,16H,1-11,14H2,(H,22,25)(H,23,26)(H,27,28). The molecule has 8 heteroatoms. The molecule has 0 saturated heterocycles. The number of aliphatic carboxylic acids is 1. The van der Waals surface area contributed by atoms with Gasteiger partial charge in [-0.25, -0.2) is 4.79 Å². The zero-order valence-electron chi connectivity index (χ0n) is 16.3. The molecule has 3 rings (SSSR count). The van der Waals surface area contributed by atoms with Gasteiger partial charge in [0.15, 0.2) is 0 Å². The molecular formula is C20H30N4O4. The molecule has 1 heterocycles. The Hall–Kier alpha value is -2.38. The van der Waals surface area contributed by atoms with Gasteiger partial charge in [0.2, 0.25) is 5.91 Å². The molecule has 0 aromatic carbocycles. The molecule has 2 fully saturated rings. The van der Waals surface area contributed by atoms with Gasteiger partial charge in [-0.2, -0.15) is 5.10 Å². The van der Waals surface area contributed by atoms with E-state index in [0.29, 0.717) is 12.8 Å². The highest BCUT2D eigenvalue weighted by Gasteiger charge is 2.40. The highest BCUT2D eigenvalue weighted by atomic mass is 16.4. The van der Waals surface area contributed by atoms with E-state index < -0.39 is 17.4 Å². The highest BCUT2D eigenvalue weighted by molar-refractivity contribution is 5.97. The van der Waals surface area contributed by atoms with Crippen molar-refractivity contribution in [2.45, 2.75) is 88.8 Å². The first kappa shape index (κ1) is 20.4. The number of carboxylic acids is 1. The van der Waals surface area contributed by atoms with Crippen LogP contribution in [-0.4, -0.2) is 44.3 Å². The monoisotopic (exact) mass is 390 g/mol. The Bertz CT molecular complexity index is 701. The van der Waals surface area contributed by atoms with E-state index >= 15 is 0 Å². The number of carbonyl (C=O) groups excluding carboxylic acids is 2. The van der Waals surface area contributed by atoms with Crippen LogP contribution in [0.4, 0.5) is 0 Å². The Morgan fingerprint density at radius 3 is 2.36 bits per heavy atom. The number of hydrogen-bond donors (Lipinski definition) is 3. The normalized spacial score (nSPS) is 20.1. The van der Waals surface area contributed by atoms with Crippen LogP contribution in [-0.2, 0) is 16.1 Å². The van der Waals surface area contributed by atoms with Crippen LogP contribution in [0.25, 0.3) is 0 Å². The van der Waals surface area contributed by atoms with Crippen LogP contribution < -0.4 is 10.6 Å². The molecule has 2 amide bonds. The minimum atomic E-state index is -1.21. The van der Waals surface area contributed by atoms with E-state index in [9.17, 15) is 19.5 Å². The summed E-state index contributed by atoms with van der Waals surface area (Å²) in [6.45, 7) is 0.0495. The summed E-state index contributed by atoms with van der Waals surface area (Å²) < 4.78 is 1.42. The summed E-state index contributed by atoms with van der Waals surface area (Å²) in [5.41, 5.74) is -0.941. The molecule has 0 atom stereocenters. The molecular weight excluding hydrogens is 360 g/mol. The second-order valence-corrected chi connectivity index (χ2v) is 8.08. The molecule has 0 bridgehead atoms. The topological polar surface area (TPSA) is 113 Å². The van der Waals surface area contributed by atoms with Crippen LogP contribution in [0.1, 0.15) is 81.0 Å². The van der Waals surface area contributed by atoms with Gasteiger partial charge in [-0.05, 0) is 25.7 Å². The molecule has 0 unspecified atom stereocenters. The average Bonchev–Trinajstić information content (AvgIpc) is 3.00. The number of carboxylic acid groups (broad SMARTS) is 1. The Morgan fingerprint density at radius 2 is 1.71 bits per heavy atom. The summed E-state index contributed by atoms with van der Waals surface area (Å²) >= 11 is 0. The first-order valence-corrected chi connectivity index (χ1v) is 10.4. The quantitative estimate of drug-likeness (QED) is 0.645. The number of hydrogen-bond acceptors (Lipinski definition) is 4. The van der Waals surface area contributed by atoms with Crippen LogP contribution in [0.15, 0.2) is 12.4 Å². The smallest absolute Gasteiger partial charge is 0.329 e. The van der Waals surface area contributed by atoms with Gasteiger partial charge in [0, 0.05) is 12.2 Å². The third-order valence-electron chi connectivity index (χ3n) is 5.89. The first-order valence-electron chi connectivity index (χ1n) is 10.4. The summed E-state index contributed by atoms with van der Waals surface area (Å²) in [7, 11) is 0. The second kappa shape index (κ2) is 9.21. The summed E-state index contributed by atoms with van der Waals surface area (Å²) in [6.07, 6.45) is 12.8. The van der Waals surface area contributed by atoms with Crippen molar-refractivity contribution in [2.75, 3.05) is 0 Å². The van der Waals surface area contributed by atoms with E-state index in [4.69, 9.17) is 0 Å². The summed E-state index contributed by atoms with van der Waals surface area (Å²) in [4.78, 5) is 36.7. The van der Waals surface area contributed by atoms with Gasteiger partial charge < -0.3 is 15.7 Å². The summed E-state index contributed by atoms with van der Waals surface area (Å²) in [5, 5.41) is 19.5. The van der Waals surface area contributed by atoms with Crippen LogP contribution in [0.5, 0.6) is 0 Å². The molecule has 154 valence electrons. The minimum Gasteiger partial charge on any atom is -0.480 e. The van der Waals surface area contributed by atoms with Crippen molar-refractivity contribution in [2.24, 2.45) is 0 Å². The Kier molecular flexibility index (Phi) is 6.70. The zero-order valence-corrected chi connectivity index (χ0v) is 16.3. The van der Waals surface area contributed by atoms with Gasteiger partial charge in [0.05, 0.1) is 11.8 Å². The number of nitrogens with one attached hydrogen (secondary N) is 2. The Balaban J connectivity index is 1.58. The van der Waals surface area contributed by atoms with Gasteiger partial charge in [-0.15, -0.1) is 0 Å². The first-order chi connectivity index (χ1) is 13.5. The fourth-order valence-electron chi connectivity index (χ4n) is 4.25. The van der Waals surface area contributed by atoms with Crippen molar-refractivity contribution in [1.29, 1.82) is 0 Å².